The van der Waals surface area contributed by atoms with Gasteiger partial charge >= 0.3 is 5.97 Å². The van der Waals surface area contributed by atoms with Crippen molar-refractivity contribution < 1.29 is 14.3 Å². The molecule has 0 amide bonds. The first-order valence-corrected chi connectivity index (χ1v) is 7.88. The van der Waals surface area contributed by atoms with Gasteiger partial charge in [0.1, 0.15) is 5.75 Å². The molecule has 0 saturated heterocycles. The third kappa shape index (κ3) is 4.59. The van der Waals surface area contributed by atoms with E-state index in [1.807, 2.05) is 24.3 Å². The fraction of sp³-hybridized carbons (Fsp3) is 0.176. The van der Waals surface area contributed by atoms with Crippen LogP contribution in [0.5, 0.6) is 5.75 Å². The molecule has 2 aromatic carbocycles. The monoisotopic (exact) mass is 364 g/mol. The van der Waals surface area contributed by atoms with E-state index in [0.29, 0.717) is 22.4 Å². The van der Waals surface area contributed by atoms with E-state index in [4.69, 9.17) is 33.3 Å². The maximum Gasteiger partial charge on any atom is 0.339 e. The zero-order chi connectivity index (χ0) is 17.5. The molecule has 0 aliphatic heterocycles. The topological polar surface area (TPSA) is 59.6 Å². The Morgan fingerprint density at radius 2 is 1.96 bits per heavy atom. The quantitative estimate of drug-likeness (QED) is 0.624. The van der Waals surface area contributed by atoms with Crippen molar-refractivity contribution in [3.63, 3.8) is 0 Å². The number of esters is 1. The van der Waals surface area contributed by atoms with Crippen molar-refractivity contribution in [2.75, 3.05) is 19.5 Å². The van der Waals surface area contributed by atoms with Crippen molar-refractivity contribution >= 4 is 40.6 Å². The molecule has 0 radical (unpaired) electrons. The van der Waals surface area contributed by atoms with Gasteiger partial charge in [-0.25, -0.2) is 4.79 Å². The lowest BCUT2D eigenvalue weighted by Crippen LogP contribution is -2.28. The number of anilines is 1. The Balaban J connectivity index is 2.01. The minimum absolute atomic E-state index is 0.275. The Labute approximate surface area is 150 Å². The molecule has 0 heterocycles. The molecule has 0 spiro atoms. The number of hydrogen-bond donors (Lipinski definition) is 2. The summed E-state index contributed by atoms with van der Waals surface area (Å²) in [7, 11) is 2.93. The lowest BCUT2D eigenvalue weighted by atomic mass is 10.2. The molecule has 0 fully saturated rings. The second-order valence-electron chi connectivity index (χ2n) is 4.81. The molecule has 2 rings (SSSR count). The van der Waals surface area contributed by atoms with Gasteiger partial charge in [-0.15, -0.1) is 0 Å². The molecule has 0 atom stereocenters. The molecule has 0 aliphatic carbocycles. The van der Waals surface area contributed by atoms with Gasteiger partial charge in [0.05, 0.1) is 24.8 Å². The van der Waals surface area contributed by atoms with Gasteiger partial charge in [0.15, 0.2) is 5.11 Å². The van der Waals surface area contributed by atoms with Gasteiger partial charge in [0.25, 0.3) is 0 Å². The number of benzene rings is 2. The van der Waals surface area contributed by atoms with Crippen molar-refractivity contribution in [2.24, 2.45) is 0 Å². The molecule has 0 aliphatic rings. The molecule has 2 aromatic rings. The predicted molar refractivity (Wildman–Crippen MR) is 98.8 cm³/mol. The molecule has 2 N–H and O–H groups in total. The van der Waals surface area contributed by atoms with Crippen LogP contribution in [0.2, 0.25) is 5.02 Å². The number of methoxy groups -OCH3 is 2. The number of para-hydroxylation sites is 1. The van der Waals surface area contributed by atoms with E-state index in [0.717, 1.165) is 11.3 Å². The smallest absolute Gasteiger partial charge is 0.339 e. The fourth-order valence-corrected chi connectivity index (χ4v) is 2.45. The number of halogens is 1. The maximum atomic E-state index is 11.7. The third-order valence-corrected chi connectivity index (χ3v) is 3.84. The van der Waals surface area contributed by atoms with Gasteiger partial charge in [-0.1, -0.05) is 29.8 Å². The van der Waals surface area contributed by atoms with Crippen LogP contribution in [-0.4, -0.2) is 25.3 Å². The Morgan fingerprint density at radius 1 is 1.21 bits per heavy atom. The van der Waals surface area contributed by atoms with Gasteiger partial charge in [-0.2, -0.15) is 0 Å². The fourth-order valence-electron chi connectivity index (χ4n) is 2.07. The zero-order valence-corrected chi connectivity index (χ0v) is 14.8. The van der Waals surface area contributed by atoms with E-state index in [9.17, 15) is 4.79 Å². The van der Waals surface area contributed by atoms with E-state index in [1.165, 1.54) is 7.11 Å². The summed E-state index contributed by atoms with van der Waals surface area (Å²) in [5.41, 5.74) is 1.89. The summed E-state index contributed by atoms with van der Waals surface area (Å²) in [5.74, 6) is 0.281. The van der Waals surface area contributed by atoms with E-state index >= 15 is 0 Å². The van der Waals surface area contributed by atoms with Crippen molar-refractivity contribution in [3.8, 4) is 5.75 Å². The Morgan fingerprint density at radius 3 is 2.67 bits per heavy atom. The number of nitrogens with one attached hydrogen (secondary N) is 2. The van der Waals surface area contributed by atoms with Crippen LogP contribution < -0.4 is 15.4 Å². The number of carbonyl (C=O) groups is 1. The summed E-state index contributed by atoms with van der Waals surface area (Å²) in [6.07, 6.45) is 0. The summed E-state index contributed by atoms with van der Waals surface area (Å²) in [4.78, 5) is 11.7. The van der Waals surface area contributed by atoms with E-state index in [-0.39, 0.29) is 5.56 Å². The number of ether oxygens (including phenoxy) is 2. The summed E-state index contributed by atoms with van der Waals surface area (Å²) >= 11 is 11.3. The maximum absolute atomic E-state index is 11.7. The molecular formula is C17H17ClN2O3S. The Kier molecular flexibility index (Phi) is 6.40. The highest BCUT2D eigenvalue weighted by atomic mass is 35.5. The third-order valence-electron chi connectivity index (χ3n) is 3.26. The van der Waals surface area contributed by atoms with Crippen LogP contribution in [0.3, 0.4) is 0 Å². The average Bonchev–Trinajstić information content (AvgIpc) is 2.61. The van der Waals surface area contributed by atoms with Crippen molar-refractivity contribution in [3.05, 3.63) is 58.6 Å². The number of rotatable bonds is 5. The number of thiocarbonyl (C=S) groups is 1. The Hall–Kier alpha value is -2.31. The molecule has 5 nitrogen and oxygen atoms in total. The first-order chi connectivity index (χ1) is 11.5. The minimum atomic E-state index is -0.503. The van der Waals surface area contributed by atoms with Crippen molar-refractivity contribution in [1.29, 1.82) is 0 Å². The molecular weight excluding hydrogens is 348 g/mol. The van der Waals surface area contributed by atoms with Crippen LogP contribution in [0.1, 0.15) is 15.9 Å². The second kappa shape index (κ2) is 8.52. The highest BCUT2D eigenvalue weighted by Gasteiger charge is 2.12. The van der Waals surface area contributed by atoms with Gasteiger partial charge in [0, 0.05) is 17.8 Å². The van der Waals surface area contributed by atoms with Crippen LogP contribution in [0.15, 0.2) is 42.5 Å². The standard InChI is InChI=1S/C17H17ClN2O3S/c1-22-15-6-4-3-5-11(15)10-19-17(24)20-12-7-8-14(18)13(9-12)16(21)23-2/h3-9H,10H2,1-2H3,(H2,19,20,24). The molecule has 24 heavy (non-hydrogen) atoms. The molecule has 7 heteroatoms. The van der Waals surface area contributed by atoms with Gasteiger partial charge in [-0.3, -0.25) is 0 Å². The normalized spacial score (nSPS) is 9.96. The summed E-state index contributed by atoms with van der Waals surface area (Å²) < 4.78 is 9.99. The first kappa shape index (κ1) is 18.0. The van der Waals surface area contributed by atoms with Crippen molar-refractivity contribution in [2.45, 2.75) is 6.54 Å². The van der Waals surface area contributed by atoms with Crippen LogP contribution in [-0.2, 0) is 11.3 Å². The molecule has 0 bridgehead atoms. The van der Waals surface area contributed by atoms with Gasteiger partial charge in [0.2, 0.25) is 0 Å². The molecule has 0 unspecified atom stereocenters. The SMILES string of the molecule is COC(=O)c1cc(NC(=S)NCc2ccccc2OC)ccc1Cl. The molecule has 0 aromatic heterocycles. The lowest BCUT2D eigenvalue weighted by Gasteiger charge is -2.13. The van der Waals surface area contributed by atoms with Crippen LogP contribution in [0.25, 0.3) is 0 Å². The van der Waals surface area contributed by atoms with E-state index in [2.05, 4.69) is 10.6 Å². The van der Waals surface area contributed by atoms with Crippen LogP contribution in [0, 0.1) is 0 Å². The highest BCUT2D eigenvalue weighted by molar-refractivity contribution is 7.80. The number of hydrogen-bond acceptors (Lipinski definition) is 4. The predicted octanol–water partition coefficient (Wildman–Crippen LogP) is 3.62. The second-order valence-corrected chi connectivity index (χ2v) is 5.62. The number of carbonyl (C=O) groups excluding carboxylic acids is 1. The largest absolute Gasteiger partial charge is 0.496 e. The van der Waals surface area contributed by atoms with Gasteiger partial charge in [-0.05, 0) is 36.5 Å². The zero-order valence-electron chi connectivity index (χ0n) is 13.3. The summed E-state index contributed by atoms with van der Waals surface area (Å²) in [6, 6.07) is 12.6. The van der Waals surface area contributed by atoms with Gasteiger partial charge < -0.3 is 20.1 Å². The summed E-state index contributed by atoms with van der Waals surface area (Å²) in [6.45, 7) is 0.507. The van der Waals surface area contributed by atoms with E-state index in [1.54, 1.807) is 25.3 Å². The first-order valence-electron chi connectivity index (χ1n) is 7.09. The van der Waals surface area contributed by atoms with E-state index < -0.39 is 5.97 Å². The lowest BCUT2D eigenvalue weighted by molar-refractivity contribution is 0.0601. The van der Waals surface area contributed by atoms with Crippen molar-refractivity contribution in [1.82, 2.24) is 5.32 Å². The minimum Gasteiger partial charge on any atom is -0.496 e. The van der Waals surface area contributed by atoms with Crippen LogP contribution in [0.4, 0.5) is 5.69 Å². The molecule has 126 valence electrons. The Bertz CT molecular complexity index is 752. The highest BCUT2D eigenvalue weighted by Crippen LogP contribution is 2.21. The molecule has 0 saturated carbocycles. The average molecular weight is 365 g/mol. The summed E-state index contributed by atoms with van der Waals surface area (Å²) in [5, 5.41) is 6.84. The van der Waals surface area contributed by atoms with Crippen LogP contribution >= 0.6 is 23.8 Å².